The van der Waals surface area contributed by atoms with Gasteiger partial charge in [-0.05, 0) is 6.92 Å². The standard InChI is InChI=1S/C17H17F8N5O2/c1-9-6-30-13(31)11(10-5-26-28(7-10)8-15(18,19)17(23,24)25)12(16(20,21)22)27-14(30)29(9)3-4-32-2/h5,7,9H,3-4,6,8H2,1-2H3. The summed E-state index contributed by atoms with van der Waals surface area (Å²) >= 11 is 0. The molecule has 1 unspecified atom stereocenters. The number of hydrogen-bond donors (Lipinski definition) is 0. The largest absolute Gasteiger partial charge is 0.455 e. The zero-order valence-electron chi connectivity index (χ0n) is 16.6. The van der Waals surface area contributed by atoms with Crippen LogP contribution in [-0.4, -0.2) is 57.7 Å². The van der Waals surface area contributed by atoms with E-state index in [1.165, 1.54) is 12.0 Å². The molecule has 15 heteroatoms. The highest BCUT2D eigenvalue weighted by Gasteiger charge is 2.57. The van der Waals surface area contributed by atoms with Gasteiger partial charge in [-0.25, -0.2) is 4.98 Å². The lowest BCUT2D eigenvalue weighted by molar-refractivity contribution is -0.287. The van der Waals surface area contributed by atoms with Crippen molar-refractivity contribution in [1.82, 2.24) is 19.3 Å². The maximum absolute atomic E-state index is 13.7. The topological polar surface area (TPSA) is 65.2 Å². The predicted molar refractivity (Wildman–Crippen MR) is 94.4 cm³/mol. The van der Waals surface area contributed by atoms with Crippen LogP contribution >= 0.6 is 0 Å². The Labute approximate surface area is 175 Å². The van der Waals surface area contributed by atoms with E-state index in [4.69, 9.17) is 4.74 Å². The first-order valence-electron chi connectivity index (χ1n) is 9.12. The van der Waals surface area contributed by atoms with Crippen LogP contribution in [0.1, 0.15) is 12.6 Å². The van der Waals surface area contributed by atoms with Crippen LogP contribution in [0.3, 0.4) is 0 Å². The second-order valence-corrected chi connectivity index (χ2v) is 7.21. The molecule has 0 spiro atoms. The van der Waals surface area contributed by atoms with Crippen LogP contribution in [0.15, 0.2) is 17.2 Å². The van der Waals surface area contributed by atoms with Gasteiger partial charge in [-0.2, -0.15) is 40.2 Å². The van der Waals surface area contributed by atoms with Gasteiger partial charge in [-0.1, -0.05) is 0 Å². The molecule has 0 saturated heterocycles. The van der Waals surface area contributed by atoms with E-state index in [-0.39, 0.29) is 30.3 Å². The first kappa shape index (κ1) is 23.9. The van der Waals surface area contributed by atoms with Gasteiger partial charge in [0, 0.05) is 38.0 Å². The fourth-order valence-electron chi connectivity index (χ4n) is 3.33. The molecule has 32 heavy (non-hydrogen) atoms. The average molecular weight is 475 g/mol. The third kappa shape index (κ3) is 4.29. The molecule has 0 aromatic carbocycles. The molecule has 178 valence electrons. The van der Waals surface area contributed by atoms with Gasteiger partial charge < -0.3 is 9.64 Å². The van der Waals surface area contributed by atoms with Gasteiger partial charge in [0.2, 0.25) is 5.95 Å². The number of methoxy groups -OCH3 is 1. The van der Waals surface area contributed by atoms with E-state index in [9.17, 15) is 39.9 Å². The quantitative estimate of drug-likeness (QED) is 0.601. The molecular weight excluding hydrogens is 458 g/mol. The molecule has 1 aliphatic heterocycles. The maximum atomic E-state index is 13.7. The second-order valence-electron chi connectivity index (χ2n) is 7.21. The van der Waals surface area contributed by atoms with E-state index in [1.807, 2.05) is 0 Å². The minimum absolute atomic E-state index is 0.00367. The zero-order chi connectivity index (χ0) is 24.1. The molecule has 2 aromatic rings. The molecule has 2 aromatic heterocycles. The van der Waals surface area contributed by atoms with Crippen LogP contribution < -0.4 is 10.5 Å². The first-order valence-corrected chi connectivity index (χ1v) is 9.12. The van der Waals surface area contributed by atoms with Crippen LogP contribution in [0.4, 0.5) is 41.1 Å². The van der Waals surface area contributed by atoms with Gasteiger partial charge in [-0.3, -0.25) is 14.0 Å². The lowest BCUT2D eigenvalue weighted by atomic mass is 10.1. The molecule has 0 aliphatic carbocycles. The van der Waals surface area contributed by atoms with Crippen LogP contribution in [0, 0.1) is 0 Å². The SMILES string of the molecule is COCCN1c2nc(C(F)(F)F)c(-c3cnn(CC(F)(F)C(F)(F)F)c3)c(=O)n2CC1C. The fraction of sp³-hybridized carbons (Fsp3) is 0.588. The van der Waals surface area contributed by atoms with Crippen molar-refractivity contribution in [1.29, 1.82) is 0 Å². The highest BCUT2D eigenvalue weighted by atomic mass is 19.4. The molecule has 7 nitrogen and oxygen atoms in total. The number of alkyl halides is 8. The highest BCUT2D eigenvalue weighted by Crippen LogP contribution is 2.38. The molecule has 3 heterocycles. The summed E-state index contributed by atoms with van der Waals surface area (Å²) in [7, 11) is 1.39. The van der Waals surface area contributed by atoms with E-state index in [0.29, 0.717) is 12.4 Å². The van der Waals surface area contributed by atoms with Gasteiger partial charge >= 0.3 is 18.3 Å². The number of halogens is 8. The third-order valence-corrected chi connectivity index (χ3v) is 4.89. The second kappa shape index (κ2) is 8.01. The molecule has 1 aliphatic rings. The van der Waals surface area contributed by atoms with E-state index < -0.39 is 53.2 Å². The summed E-state index contributed by atoms with van der Waals surface area (Å²) in [5.41, 5.74) is -4.27. The van der Waals surface area contributed by atoms with Crippen LogP contribution in [-0.2, 0) is 24.0 Å². The van der Waals surface area contributed by atoms with Crippen LogP contribution in [0.2, 0.25) is 0 Å². The molecule has 0 amide bonds. The van der Waals surface area contributed by atoms with E-state index in [0.717, 1.165) is 4.57 Å². The fourth-order valence-corrected chi connectivity index (χ4v) is 3.33. The zero-order valence-corrected chi connectivity index (χ0v) is 16.6. The number of rotatable bonds is 6. The normalized spacial score (nSPS) is 17.2. The Hall–Kier alpha value is -2.71. The van der Waals surface area contributed by atoms with Crippen molar-refractivity contribution in [2.24, 2.45) is 0 Å². The number of ether oxygens (including phenoxy) is 1. The maximum Gasteiger partial charge on any atom is 0.455 e. The van der Waals surface area contributed by atoms with Gasteiger partial charge in [0.05, 0.1) is 18.4 Å². The minimum Gasteiger partial charge on any atom is -0.383 e. The van der Waals surface area contributed by atoms with Crippen molar-refractivity contribution in [2.45, 2.75) is 44.3 Å². The number of fused-ring (bicyclic) bond motifs is 1. The Balaban J connectivity index is 2.10. The predicted octanol–water partition coefficient (Wildman–Crippen LogP) is 3.18. The molecule has 0 saturated carbocycles. The summed E-state index contributed by atoms with van der Waals surface area (Å²) in [6, 6.07) is -0.394. The summed E-state index contributed by atoms with van der Waals surface area (Å²) in [5, 5.41) is 3.29. The van der Waals surface area contributed by atoms with Crippen molar-refractivity contribution < 1.29 is 39.9 Å². The average Bonchev–Trinajstić information content (AvgIpc) is 3.22. The highest BCUT2D eigenvalue weighted by molar-refractivity contribution is 5.65. The van der Waals surface area contributed by atoms with Gasteiger partial charge in [0.25, 0.3) is 5.56 Å². The van der Waals surface area contributed by atoms with E-state index in [1.54, 1.807) is 6.92 Å². The third-order valence-electron chi connectivity index (χ3n) is 4.89. The van der Waals surface area contributed by atoms with Crippen molar-refractivity contribution in [3.63, 3.8) is 0 Å². The molecule has 0 N–H and O–H groups in total. The summed E-state index contributed by atoms with van der Waals surface area (Å²) < 4.78 is 111. The lowest BCUT2D eigenvalue weighted by Gasteiger charge is -2.22. The van der Waals surface area contributed by atoms with Crippen molar-refractivity contribution >= 4 is 5.95 Å². The molecule has 1 atom stereocenters. The Kier molecular flexibility index (Phi) is 5.99. The summed E-state index contributed by atoms with van der Waals surface area (Å²) in [6.07, 6.45) is -9.84. The number of nitrogens with zero attached hydrogens (tertiary/aromatic N) is 5. The first-order chi connectivity index (χ1) is 14.7. The Bertz CT molecular complexity index is 1040. The van der Waals surface area contributed by atoms with Crippen molar-refractivity contribution in [2.75, 3.05) is 25.2 Å². The Morgan fingerprint density at radius 2 is 1.81 bits per heavy atom. The Morgan fingerprint density at radius 3 is 2.38 bits per heavy atom. The lowest BCUT2D eigenvalue weighted by Crippen LogP contribution is -2.40. The summed E-state index contributed by atoms with van der Waals surface area (Å²) in [6.45, 7) is 0.0123. The molecular formula is C17H17F8N5O2. The number of hydrogen-bond acceptors (Lipinski definition) is 5. The van der Waals surface area contributed by atoms with Crippen LogP contribution in [0.25, 0.3) is 11.1 Å². The van der Waals surface area contributed by atoms with Gasteiger partial charge in [-0.15, -0.1) is 0 Å². The van der Waals surface area contributed by atoms with E-state index in [2.05, 4.69) is 10.1 Å². The molecule has 0 fully saturated rings. The summed E-state index contributed by atoms with van der Waals surface area (Å²) in [4.78, 5) is 18.0. The molecule has 0 bridgehead atoms. The van der Waals surface area contributed by atoms with E-state index >= 15 is 0 Å². The number of anilines is 1. The van der Waals surface area contributed by atoms with Gasteiger partial charge in [0.15, 0.2) is 5.69 Å². The molecule has 0 radical (unpaired) electrons. The number of aromatic nitrogens is 4. The van der Waals surface area contributed by atoms with Crippen molar-refractivity contribution in [3.05, 3.63) is 28.4 Å². The molecule has 3 rings (SSSR count). The smallest absolute Gasteiger partial charge is 0.383 e. The Morgan fingerprint density at radius 1 is 1.16 bits per heavy atom. The van der Waals surface area contributed by atoms with Gasteiger partial charge in [0.1, 0.15) is 6.54 Å². The minimum atomic E-state index is -5.88. The monoisotopic (exact) mass is 475 g/mol. The summed E-state index contributed by atoms with van der Waals surface area (Å²) in [5.74, 6) is -5.42. The van der Waals surface area contributed by atoms with Crippen LogP contribution in [0.5, 0.6) is 0 Å². The van der Waals surface area contributed by atoms with Crippen molar-refractivity contribution in [3.8, 4) is 11.1 Å².